The molecule has 0 atom stereocenters. The van der Waals surface area contributed by atoms with E-state index in [2.05, 4.69) is 13.8 Å². The van der Waals surface area contributed by atoms with Crippen LogP contribution in [-0.4, -0.2) is 5.11 Å². The molecule has 86 valence electrons. The third-order valence-electron chi connectivity index (χ3n) is 2.30. The Balaban J connectivity index is 3.46. The minimum absolute atomic E-state index is 0.272. The summed E-state index contributed by atoms with van der Waals surface area (Å²) in [5.41, 5.74) is 2.01. The van der Waals surface area contributed by atoms with E-state index in [1.54, 1.807) is 12.1 Å². The molecule has 0 aliphatic heterocycles. The third kappa shape index (κ3) is 4.11. The van der Waals surface area contributed by atoms with Gasteiger partial charge >= 0.3 is 0 Å². The van der Waals surface area contributed by atoms with Crippen LogP contribution in [0.1, 0.15) is 30.9 Å². The Morgan fingerprint density at radius 3 is 2.31 bits per heavy atom. The van der Waals surface area contributed by atoms with Crippen LogP contribution in [0.2, 0.25) is 5.02 Å². The Labute approximate surface area is 102 Å². The summed E-state index contributed by atoms with van der Waals surface area (Å²) in [6.45, 7) is 6.08. The van der Waals surface area contributed by atoms with Gasteiger partial charge in [-0.25, -0.2) is 0 Å². The summed E-state index contributed by atoms with van der Waals surface area (Å²) in [6, 6.07) is 11.0. The van der Waals surface area contributed by atoms with Gasteiger partial charge in [-0.15, -0.1) is 0 Å². The first-order valence-electron chi connectivity index (χ1n) is 5.33. The normalized spacial score (nSPS) is 10.1. The molecule has 0 aromatic heterocycles. The average Bonchev–Trinajstić information content (AvgIpc) is 2.20. The van der Waals surface area contributed by atoms with Crippen molar-refractivity contribution in [3.63, 3.8) is 0 Å². The van der Waals surface area contributed by atoms with E-state index in [0.717, 1.165) is 11.1 Å². The summed E-state index contributed by atoms with van der Waals surface area (Å²) in [7, 11) is 0. The summed E-state index contributed by atoms with van der Waals surface area (Å²) in [6.07, 6.45) is 0. The van der Waals surface area contributed by atoms with E-state index in [1.165, 1.54) is 0 Å². The molecule has 1 aromatic rings. The van der Waals surface area contributed by atoms with Crippen LogP contribution in [-0.2, 0) is 0 Å². The second-order valence-corrected chi connectivity index (χ2v) is 4.60. The van der Waals surface area contributed by atoms with E-state index < -0.39 is 0 Å². The highest BCUT2D eigenvalue weighted by atomic mass is 35.5. The quantitative estimate of drug-likeness (QED) is 0.756. The van der Waals surface area contributed by atoms with Gasteiger partial charge in [-0.1, -0.05) is 37.6 Å². The predicted octanol–water partition coefficient (Wildman–Crippen LogP) is 4.60. The number of hydrogen-bond donors (Lipinski definition) is 1. The number of rotatable bonds is 1. The zero-order valence-electron chi connectivity index (χ0n) is 9.87. The molecule has 0 saturated carbocycles. The average molecular weight is 237 g/mol. The minimum atomic E-state index is 0.272. The van der Waals surface area contributed by atoms with Crippen molar-refractivity contribution in [2.45, 2.75) is 26.7 Å². The Hall–Kier alpha value is -1.21. The maximum Gasteiger partial charge on any atom is 0.116 e. The van der Waals surface area contributed by atoms with Crippen LogP contribution in [0.25, 0.3) is 0 Å². The van der Waals surface area contributed by atoms with Gasteiger partial charge in [0.25, 0.3) is 0 Å². The summed E-state index contributed by atoms with van der Waals surface area (Å²) in [5.74, 6) is 0.619. The van der Waals surface area contributed by atoms with Crippen molar-refractivity contribution in [1.29, 1.82) is 0 Å². The number of halogens is 1. The van der Waals surface area contributed by atoms with Crippen LogP contribution in [0, 0.1) is 6.92 Å². The lowest BCUT2D eigenvalue weighted by atomic mass is 10.0. The second kappa shape index (κ2) is 5.76. The lowest BCUT2D eigenvalue weighted by molar-refractivity contribution is 0.474. The minimum Gasteiger partial charge on any atom is -0.508 e. The van der Waals surface area contributed by atoms with Crippen molar-refractivity contribution in [2.24, 2.45) is 0 Å². The number of aryl methyl sites for hydroxylation is 1. The second-order valence-electron chi connectivity index (χ2n) is 4.16. The van der Waals surface area contributed by atoms with Crippen molar-refractivity contribution in [3.8, 4) is 5.75 Å². The fourth-order valence-electron chi connectivity index (χ4n) is 1.34. The summed E-state index contributed by atoms with van der Waals surface area (Å²) < 4.78 is 0. The topological polar surface area (TPSA) is 20.2 Å². The monoisotopic (exact) mass is 236 g/mol. The first-order chi connectivity index (χ1) is 7.49. The van der Waals surface area contributed by atoms with Gasteiger partial charge in [-0.2, -0.15) is 0 Å². The smallest absolute Gasteiger partial charge is 0.116 e. The largest absolute Gasteiger partial charge is 0.508 e. The Morgan fingerprint density at radius 1 is 1.06 bits per heavy atom. The third-order valence-corrected chi connectivity index (χ3v) is 2.55. The van der Waals surface area contributed by atoms with Crippen LogP contribution in [0.15, 0.2) is 36.4 Å². The summed E-state index contributed by atoms with van der Waals surface area (Å²) in [4.78, 5) is 0. The van der Waals surface area contributed by atoms with E-state index in [0.29, 0.717) is 10.9 Å². The molecule has 0 radical (unpaired) electrons. The maximum atomic E-state index is 9.74. The molecule has 0 fully saturated rings. The van der Waals surface area contributed by atoms with Gasteiger partial charge in [-0.3, -0.25) is 0 Å². The lowest BCUT2D eigenvalue weighted by Gasteiger charge is -2.02. The first kappa shape index (κ1) is 12.9. The standard InChI is InChI=1S/C14H17ClO/c1-10(2)12-5-7-13(15)6-4-11(3)8-14(16)9-12/h4-10,16H,1-3H3. The molecular weight excluding hydrogens is 220 g/mol. The first-order valence-corrected chi connectivity index (χ1v) is 5.71. The zero-order valence-corrected chi connectivity index (χ0v) is 10.6. The molecule has 0 spiro atoms. The lowest BCUT2D eigenvalue weighted by Crippen LogP contribution is -1.83. The summed E-state index contributed by atoms with van der Waals surface area (Å²) >= 11 is 6.01. The van der Waals surface area contributed by atoms with Crippen LogP contribution >= 0.6 is 11.6 Å². The van der Waals surface area contributed by atoms with Gasteiger partial charge in [-0.05, 0) is 48.2 Å². The van der Waals surface area contributed by atoms with E-state index in [-0.39, 0.29) is 5.75 Å². The predicted molar refractivity (Wildman–Crippen MR) is 69.6 cm³/mol. The molecule has 16 heavy (non-hydrogen) atoms. The van der Waals surface area contributed by atoms with Crippen molar-refractivity contribution in [2.75, 3.05) is 0 Å². The molecule has 1 rings (SSSR count). The van der Waals surface area contributed by atoms with Crippen LogP contribution in [0.3, 0.4) is 0 Å². The van der Waals surface area contributed by atoms with Crippen molar-refractivity contribution >= 4 is 11.6 Å². The highest BCUT2D eigenvalue weighted by Gasteiger charge is 1.97. The van der Waals surface area contributed by atoms with Crippen LogP contribution in [0.5, 0.6) is 5.75 Å². The van der Waals surface area contributed by atoms with Gasteiger partial charge in [0, 0.05) is 5.02 Å². The molecule has 0 amide bonds. The molecule has 0 unspecified atom stereocenters. The molecule has 0 heterocycles. The van der Waals surface area contributed by atoms with E-state index in [9.17, 15) is 5.11 Å². The Bertz CT molecular complexity index is 423. The van der Waals surface area contributed by atoms with Gasteiger partial charge in [0.1, 0.15) is 5.75 Å². The van der Waals surface area contributed by atoms with E-state index in [1.807, 2.05) is 31.2 Å². The molecular formula is C14H17ClO. The number of hydrogen-bond acceptors (Lipinski definition) is 1. The van der Waals surface area contributed by atoms with Crippen molar-refractivity contribution < 1.29 is 5.11 Å². The molecule has 0 aliphatic rings. The molecule has 2 heteroatoms. The van der Waals surface area contributed by atoms with Crippen molar-refractivity contribution in [1.82, 2.24) is 0 Å². The van der Waals surface area contributed by atoms with E-state index >= 15 is 0 Å². The Kier molecular flexibility index (Phi) is 4.63. The zero-order chi connectivity index (χ0) is 12.1. The van der Waals surface area contributed by atoms with E-state index in [4.69, 9.17) is 11.6 Å². The molecule has 1 N–H and O–H groups in total. The molecule has 0 bridgehead atoms. The van der Waals surface area contributed by atoms with Gasteiger partial charge in [0.05, 0.1) is 0 Å². The number of aromatic hydroxyl groups is 1. The van der Waals surface area contributed by atoms with Gasteiger partial charge in [0.2, 0.25) is 0 Å². The maximum absolute atomic E-state index is 9.74. The molecule has 1 nitrogen and oxygen atoms in total. The summed E-state index contributed by atoms with van der Waals surface area (Å²) in [5, 5.41) is 10.4. The van der Waals surface area contributed by atoms with Gasteiger partial charge < -0.3 is 5.11 Å². The molecule has 0 aliphatic carbocycles. The SMILES string of the molecule is Cc1ccc(Cl)ccc(C(C)C)cc(O)c1. The fourth-order valence-corrected chi connectivity index (χ4v) is 1.47. The van der Waals surface area contributed by atoms with Crippen LogP contribution < -0.4 is 0 Å². The Morgan fingerprint density at radius 2 is 1.69 bits per heavy atom. The highest BCUT2D eigenvalue weighted by Crippen LogP contribution is 2.18. The van der Waals surface area contributed by atoms with Crippen LogP contribution in [0.4, 0.5) is 0 Å². The van der Waals surface area contributed by atoms with Gasteiger partial charge in [0.15, 0.2) is 0 Å². The molecule has 1 aromatic carbocycles. The molecule has 0 saturated heterocycles. The fraction of sp³-hybridized carbons (Fsp3) is 0.286. The van der Waals surface area contributed by atoms with Crippen molar-refractivity contribution in [3.05, 3.63) is 52.5 Å². The highest BCUT2D eigenvalue weighted by molar-refractivity contribution is 6.30.